The predicted octanol–water partition coefficient (Wildman–Crippen LogP) is 2.42. The molecule has 0 N–H and O–H groups in total. The average Bonchev–Trinajstić information content (AvgIpc) is 2.29. The quantitative estimate of drug-likeness (QED) is 0.779. The van der Waals surface area contributed by atoms with Crippen molar-refractivity contribution < 1.29 is 4.74 Å². The Balaban J connectivity index is 2.04. The van der Waals surface area contributed by atoms with E-state index in [1.54, 1.807) is 0 Å². The van der Waals surface area contributed by atoms with Gasteiger partial charge in [-0.15, -0.1) is 0 Å². The van der Waals surface area contributed by atoms with Gasteiger partial charge in [-0.05, 0) is 18.6 Å². The Bertz CT molecular complexity index is 387. The Morgan fingerprint density at radius 3 is 2.81 bits per heavy atom. The van der Waals surface area contributed by atoms with Crippen LogP contribution in [0.25, 0.3) is 0 Å². The fourth-order valence-electron chi connectivity index (χ4n) is 1.55. The van der Waals surface area contributed by atoms with Crippen LogP contribution in [-0.2, 0) is 4.74 Å². The molecule has 3 nitrogen and oxygen atoms in total. The molecule has 86 valence electrons. The Morgan fingerprint density at radius 1 is 1.38 bits per heavy atom. The van der Waals surface area contributed by atoms with Crippen LogP contribution in [0.5, 0.6) is 0 Å². The number of nitrogens with zero attached hydrogens (tertiary/aromatic N) is 2. The van der Waals surface area contributed by atoms with Crippen molar-refractivity contribution >= 4 is 22.1 Å². The van der Waals surface area contributed by atoms with Gasteiger partial charge in [0.1, 0.15) is 0 Å². The summed E-state index contributed by atoms with van der Waals surface area (Å²) in [4.78, 5) is 0. The second-order valence-corrected chi connectivity index (χ2v) is 4.69. The highest BCUT2D eigenvalue weighted by atomic mass is 79.9. The van der Waals surface area contributed by atoms with Crippen molar-refractivity contribution in [2.75, 3.05) is 26.3 Å². The topological polar surface area (TPSA) is 24.8 Å². The maximum atomic E-state index is 5.27. The van der Waals surface area contributed by atoms with Crippen LogP contribution in [0.2, 0.25) is 0 Å². The van der Waals surface area contributed by atoms with Crippen LogP contribution in [0.1, 0.15) is 11.1 Å². The number of morpholine rings is 1. The van der Waals surface area contributed by atoms with Gasteiger partial charge in [-0.1, -0.05) is 28.1 Å². The third kappa shape index (κ3) is 3.06. The summed E-state index contributed by atoms with van der Waals surface area (Å²) < 4.78 is 6.35. The average molecular weight is 283 g/mol. The summed E-state index contributed by atoms with van der Waals surface area (Å²) in [6.07, 6.45) is 1.90. The molecule has 1 aliphatic heterocycles. The van der Waals surface area contributed by atoms with Crippen LogP contribution in [0, 0.1) is 6.92 Å². The molecule has 1 aromatic carbocycles. The van der Waals surface area contributed by atoms with Crippen LogP contribution in [-0.4, -0.2) is 37.5 Å². The van der Waals surface area contributed by atoms with E-state index < -0.39 is 0 Å². The molecule has 0 spiro atoms. The lowest BCUT2D eigenvalue weighted by molar-refractivity contribution is 0.0397. The number of benzene rings is 1. The first kappa shape index (κ1) is 11.6. The number of hydrazone groups is 1. The van der Waals surface area contributed by atoms with Gasteiger partial charge >= 0.3 is 0 Å². The van der Waals surface area contributed by atoms with Crippen molar-refractivity contribution in [2.45, 2.75) is 6.92 Å². The molecule has 2 rings (SSSR count). The smallest absolute Gasteiger partial charge is 0.0659 e. The van der Waals surface area contributed by atoms with Gasteiger partial charge in [-0.3, -0.25) is 5.01 Å². The lowest BCUT2D eigenvalue weighted by atomic mass is 10.2. The molecule has 0 aromatic heterocycles. The van der Waals surface area contributed by atoms with E-state index in [0.717, 1.165) is 36.3 Å². The third-order valence-electron chi connectivity index (χ3n) is 2.50. The fourth-order valence-corrected chi connectivity index (χ4v) is 2.15. The second kappa shape index (κ2) is 5.46. The van der Waals surface area contributed by atoms with Crippen molar-refractivity contribution in [3.63, 3.8) is 0 Å². The molecule has 0 atom stereocenters. The van der Waals surface area contributed by atoms with Gasteiger partial charge in [0.25, 0.3) is 0 Å². The summed E-state index contributed by atoms with van der Waals surface area (Å²) in [6.45, 7) is 5.37. The van der Waals surface area contributed by atoms with Crippen LogP contribution >= 0.6 is 15.9 Å². The van der Waals surface area contributed by atoms with Crippen LogP contribution in [0.4, 0.5) is 0 Å². The summed E-state index contributed by atoms with van der Waals surface area (Å²) in [5.41, 5.74) is 2.35. The van der Waals surface area contributed by atoms with Gasteiger partial charge in [-0.2, -0.15) is 5.10 Å². The number of rotatable bonds is 2. The van der Waals surface area contributed by atoms with E-state index in [0.29, 0.717) is 0 Å². The Kier molecular flexibility index (Phi) is 3.96. The molecule has 0 unspecified atom stereocenters. The summed E-state index contributed by atoms with van der Waals surface area (Å²) in [6, 6.07) is 6.26. The van der Waals surface area contributed by atoms with E-state index in [1.807, 2.05) is 11.2 Å². The number of ether oxygens (including phenoxy) is 1. The Labute approximate surface area is 104 Å². The van der Waals surface area contributed by atoms with E-state index >= 15 is 0 Å². The molecule has 16 heavy (non-hydrogen) atoms. The van der Waals surface area contributed by atoms with Crippen molar-refractivity contribution in [3.05, 3.63) is 33.8 Å². The molecule has 0 amide bonds. The third-order valence-corrected chi connectivity index (χ3v) is 3.19. The summed E-state index contributed by atoms with van der Waals surface area (Å²) in [5, 5.41) is 6.48. The molecule has 1 aromatic rings. The SMILES string of the molecule is Cc1ccc(/C=N/N2CCOCC2)c(Br)c1. The normalized spacial score (nSPS) is 17.0. The van der Waals surface area contributed by atoms with Crippen molar-refractivity contribution in [3.8, 4) is 0 Å². The van der Waals surface area contributed by atoms with Crippen LogP contribution in [0.15, 0.2) is 27.8 Å². The first-order chi connectivity index (χ1) is 7.75. The Morgan fingerprint density at radius 2 is 2.12 bits per heavy atom. The van der Waals surface area contributed by atoms with Gasteiger partial charge in [-0.25, -0.2) is 0 Å². The van der Waals surface area contributed by atoms with E-state index in [2.05, 4.69) is 46.2 Å². The lowest BCUT2D eigenvalue weighted by Crippen LogP contribution is -2.32. The van der Waals surface area contributed by atoms with Crippen molar-refractivity contribution in [2.24, 2.45) is 5.10 Å². The van der Waals surface area contributed by atoms with Gasteiger partial charge < -0.3 is 4.74 Å². The molecule has 0 bridgehead atoms. The molecule has 0 aliphatic carbocycles. The minimum absolute atomic E-state index is 0.770. The zero-order valence-corrected chi connectivity index (χ0v) is 10.9. The molecule has 1 heterocycles. The largest absolute Gasteiger partial charge is 0.378 e. The number of hydrogen-bond donors (Lipinski definition) is 0. The van der Waals surface area contributed by atoms with Crippen LogP contribution in [0.3, 0.4) is 0 Å². The maximum Gasteiger partial charge on any atom is 0.0659 e. The van der Waals surface area contributed by atoms with E-state index in [9.17, 15) is 0 Å². The Hall–Kier alpha value is -0.870. The first-order valence-electron chi connectivity index (χ1n) is 5.38. The zero-order valence-electron chi connectivity index (χ0n) is 9.32. The summed E-state index contributed by atoms with van der Waals surface area (Å²) in [5.74, 6) is 0. The molecule has 4 heteroatoms. The van der Waals surface area contributed by atoms with Gasteiger partial charge in [0, 0.05) is 10.0 Å². The molecular weight excluding hydrogens is 268 g/mol. The number of halogens is 1. The monoisotopic (exact) mass is 282 g/mol. The molecule has 1 saturated heterocycles. The number of aryl methyl sites for hydroxylation is 1. The zero-order chi connectivity index (χ0) is 11.4. The van der Waals surface area contributed by atoms with Gasteiger partial charge in [0.2, 0.25) is 0 Å². The standard InChI is InChI=1S/C12H15BrN2O/c1-10-2-3-11(12(13)8-10)9-14-15-4-6-16-7-5-15/h2-3,8-9H,4-7H2,1H3/b14-9+. The maximum absolute atomic E-state index is 5.27. The predicted molar refractivity (Wildman–Crippen MR) is 68.9 cm³/mol. The molecule has 1 aliphatic rings. The molecule has 0 radical (unpaired) electrons. The highest BCUT2D eigenvalue weighted by Gasteiger charge is 2.06. The fraction of sp³-hybridized carbons (Fsp3) is 0.417. The first-order valence-corrected chi connectivity index (χ1v) is 6.18. The van der Waals surface area contributed by atoms with Crippen LogP contribution < -0.4 is 0 Å². The van der Waals surface area contributed by atoms with E-state index in [4.69, 9.17) is 4.74 Å². The minimum atomic E-state index is 0.770. The van der Waals surface area contributed by atoms with Crippen molar-refractivity contribution in [1.29, 1.82) is 0 Å². The van der Waals surface area contributed by atoms with Gasteiger partial charge in [0.05, 0.1) is 32.5 Å². The second-order valence-electron chi connectivity index (χ2n) is 3.84. The molecular formula is C12H15BrN2O. The van der Waals surface area contributed by atoms with E-state index in [1.165, 1.54) is 5.56 Å². The summed E-state index contributed by atoms with van der Waals surface area (Å²) >= 11 is 3.54. The lowest BCUT2D eigenvalue weighted by Gasteiger charge is -2.23. The highest BCUT2D eigenvalue weighted by Crippen LogP contribution is 2.16. The number of hydrogen-bond acceptors (Lipinski definition) is 3. The minimum Gasteiger partial charge on any atom is -0.378 e. The highest BCUT2D eigenvalue weighted by molar-refractivity contribution is 9.10. The molecule has 1 fully saturated rings. The van der Waals surface area contributed by atoms with Gasteiger partial charge in [0.15, 0.2) is 0 Å². The molecule has 0 saturated carbocycles. The van der Waals surface area contributed by atoms with Crippen molar-refractivity contribution in [1.82, 2.24) is 5.01 Å². The van der Waals surface area contributed by atoms with E-state index in [-0.39, 0.29) is 0 Å². The summed E-state index contributed by atoms with van der Waals surface area (Å²) in [7, 11) is 0.